The molecule has 0 unspecified atom stereocenters. The molecule has 184 valence electrons. The van der Waals surface area contributed by atoms with Gasteiger partial charge in [0.25, 0.3) is 0 Å². The number of aliphatic hydroxyl groups is 1. The molecule has 1 atom stereocenters. The third-order valence-corrected chi connectivity index (χ3v) is 6.70. The Balaban J connectivity index is 1.61. The van der Waals surface area contributed by atoms with Crippen molar-refractivity contribution in [2.45, 2.75) is 58.4 Å². The first-order chi connectivity index (χ1) is 16.1. The average molecular weight is 479 g/mol. The normalized spacial score (nSPS) is 18.2. The van der Waals surface area contributed by atoms with Gasteiger partial charge in [0.1, 0.15) is 6.61 Å². The highest BCUT2D eigenvalue weighted by Crippen LogP contribution is 2.37. The fourth-order valence-electron chi connectivity index (χ4n) is 4.76. The fourth-order valence-corrected chi connectivity index (χ4v) is 4.76. The molecule has 10 heteroatoms. The largest absolute Gasteiger partial charge is 0.444 e. The van der Waals surface area contributed by atoms with Crippen LogP contribution in [0.5, 0.6) is 0 Å². The van der Waals surface area contributed by atoms with Crippen LogP contribution in [0.3, 0.4) is 0 Å². The maximum atomic E-state index is 13.8. The number of anilines is 2. The monoisotopic (exact) mass is 478 g/mol. The Morgan fingerprint density at radius 2 is 1.85 bits per heavy atom. The summed E-state index contributed by atoms with van der Waals surface area (Å²) in [5.41, 5.74) is 0.946. The number of para-hydroxylation sites is 1. The zero-order chi connectivity index (χ0) is 24.6. The average Bonchev–Trinajstić information content (AvgIpc) is 2.80. The Morgan fingerprint density at radius 1 is 1.18 bits per heavy atom. The summed E-state index contributed by atoms with van der Waals surface area (Å²) in [7, 11) is 0. The topological polar surface area (TPSA) is 78.8 Å². The molecule has 2 aliphatic heterocycles. The number of carbonyl (C=O) groups is 1. The van der Waals surface area contributed by atoms with Gasteiger partial charge in [0.05, 0.1) is 18.0 Å². The second-order valence-corrected chi connectivity index (χ2v) is 9.18. The maximum absolute atomic E-state index is 13.8. The molecule has 1 aromatic carbocycles. The number of ether oxygens (including phenoxy) is 1. The van der Waals surface area contributed by atoms with Crippen LogP contribution in [0.4, 0.5) is 29.6 Å². The number of nitrogens with zero attached hydrogens (tertiary/aromatic N) is 4. The van der Waals surface area contributed by atoms with Crippen molar-refractivity contribution >= 4 is 17.7 Å². The zero-order valence-corrected chi connectivity index (χ0v) is 19.5. The molecule has 2 aromatic rings. The van der Waals surface area contributed by atoms with Crippen LogP contribution in [-0.2, 0) is 17.5 Å². The molecule has 0 spiro atoms. The molecule has 3 heterocycles. The number of alkyl halides is 3. The molecule has 0 aliphatic carbocycles. The maximum Gasteiger partial charge on any atom is 0.433 e. The molecule has 34 heavy (non-hydrogen) atoms. The van der Waals surface area contributed by atoms with Crippen LogP contribution in [-0.4, -0.2) is 46.9 Å². The summed E-state index contributed by atoms with van der Waals surface area (Å²) in [6.45, 7) is 5.76. The van der Waals surface area contributed by atoms with E-state index in [-0.39, 0.29) is 42.4 Å². The number of cyclic esters (lactones) is 1. The first-order valence-electron chi connectivity index (χ1n) is 11.5. The highest BCUT2D eigenvalue weighted by atomic mass is 19.4. The van der Waals surface area contributed by atoms with Crippen molar-refractivity contribution in [2.24, 2.45) is 5.92 Å². The van der Waals surface area contributed by atoms with Gasteiger partial charge >= 0.3 is 12.3 Å². The minimum atomic E-state index is -4.63. The van der Waals surface area contributed by atoms with Gasteiger partial charge in [-0.2, -0.15) is 13.2 Å². The summed E-state index contributed by atoms with van der Waals surface area (Å²) in [6.07, 6.45) is -3.98. The first kappa shape index (κ1) is 24.3. The predicted molar refractivity (Wildman–Crippen MR) is 121 cm³/mol. The molecule has 1 saturated heterocycles. The van der Waals surface area contributed by atoms with Crippen molar-refractivity contribution in [2.75, 3.05) is 29.5 Å². The molecule has 1 amide bonds. The number of piperidine rings is 1. The van der Waals surface area contributed by atoms with E-state index in [1.165, 1.54) is 6.92 Å². The molecular formula is C24H29F3N4O3. The van der Waals surface area contributed by atoms with Gasteiger partial charge in [0.15, 0.2) is 5.69 Å². The standard InChI is InChI=1S/C24H29F3N4O3/c1-14(2)18(12-32)20-15(3)21(24(25,26)27)29-22(28-20)30-10-8-17(9-11-30)31-19-7-5-4-6-16(19)13-34-23(31)33/h4-7,14,17-18,32H,8-13H2,1-3H3/t18-/m1/s1. The van der Waals surface area contributed by atoms with Crippen LogP contribution < -0.4 is 9.80 Å². The van der Waals surface area contributed by atoms with Gasteiger partial charge in [0, 0.05) is 36.2 Å². The van der Waals surface area contributed by atoms with Crippen molar-refractivity contribution in [3.8, 4) is 0 Å². The van der Waals surface area contributed by atoms with Gasteiger partial charge in [-0.1, -0.05) is 32.0 Å². The summed E-state index contributed by atoms with van der Waals surface area (Å²) in [5, 5.41) is 9.85. The van der Waals surface area contributed by atoms with Crippen molar-refractivity contribution < 1.29 is 27.8 Å². The van der Waals surface area contributed by atoms with Gasteiger partial charge in [-0.3, -0.25) is 4.90 Å². The lowest BCUT2D eigenvalue weighted by atomic mass is 9.90. The van der Waals surface area contributed by atoms with Crippen LogP contribution in [0.2, 0.25) is 0 Å². The zero-order valence-electron chi connectivity index (χ0n) is 19.5. The molecule has 1 N–H and O–H groups in total. The van der Waals surface area contributed by atoms with Crippen LogP contribution in [0.25, 0.3) is 0 Å². The van der Waals surface area contributed by atoms with Crippen molar-refractivity contribution in [3.63, 3.8) is 0 Å². The molecule has 2 aliphatic rings. The van der Waals surface area contributed by atoms with E-state index < -0.39 is 23.9 Å². The van der Waals surface area contributed by atoms with Crippen molar-refractivity contribution in [1.29, 1.82) is 0 Å². The molecule has 0 saturated carbocycles. The van der Waals surface area contributed by atoms with E-state index in [0.29, 0.717) is 25.9 Å². The lowest BCUT2D eigenvalue weighted by Gasteiger charge is -2.40. The summed E-state index contributed by atoms with van der Waals surface area (Å²) in [4.78, 5) is 24.3. The molecule has 7 nitrogen and oxygen atoms in total. The van der Waals surface area contributed by atoms with Crippen LogP contribution in [0.15, 0.2) is 24.3 Å². The number of aromatic nitrogens is 2. The number of aliphatic hydroxyl groups excluding tert-OH is 1. The fraction of sp³-hybridized carbons (Fsp3) is 0.542. The molecule has 0 bridgehead atoms. The highest BCUT2D eigenvalue weighted by Gasteiger charge is 2.39. The van der Waals surface area contributed by atoms with Crippen LogP contribution in [0, 0.1) is 12.8 Å². The molecule has 4 rings (SSSR count). The number of halogens is 3. The number of hydrogen-bond donors (Lipinski definition) is 1. The Morgan fingerprint density at radius 3 is 2.47 bits per heavy atom. The molecule has 1 fully saturated rings. The third kappa shape index (κ3) is 4.55. The predicted octanol–water partition coefficient (Wildman–Crippen LogP) is 4.66. The first-order valence-corrected chi connectivity index (χ1v) is 11.5. The minimum absolute atomic E-state index is 0.00657. The van der Waals surface area contributed by atoms with Crippen molar-refractivity contribution in [1.82, 2.24) is 9.97 Å². The van der Waals surface area contributed by atoms with Crippen molar-refractivity contribution in [3.05, 3.63) is 46.8 Å². The second kappa shape index (κ2) is 9.40. The number of carbonyl (C=O) groups excluding carboxylic acids is 1. The molecular weight excluding hydrogens is 449 g/mol. The van der Waals surface area contributed by atoms with E-state index in [1.807, 2.05) is 38.1 Å². The van der Waals surface area contributed by atoms with Gasteiger partial charge in [-0.25, -0.2) is 14.8 Å². The number of fused-ring (bicyclic) bond motifs is 1. The van der Waals surface area contributed by atoms with E-state index in [9.17, 15) is 23.1 Å². The van der Waals surface area contributed by atoms with E-state index in [4.69, 9.17) is 4.74 Å². The van der Waals surface area contributed by atoms with Gasteiger partial charge in [-0.05, 0) is 31.7 Å². The number of hydrogen-bond acceptors (Lipinski definition) is 6. The SMILES string of the molecule is Cc1c([C@H](CO)C(C)C)nc(N2CCC(N3C(=O)OCc4ccccc43)CC2)nc1C(F)(F)F. The van der Waals surface area contributed by atoms with E-state index in [0.717, 1.165) is 11.3 Å². The smallest absolute Gasteiger partial charge is 0.433 e. The number of amides is 1. The third-order valence-electron chi connectivity index (χ3n) is 6.70. The minimum Gasteiger partial charge on any atom is -0.444 e. The highest BCUT2D eigenvalue weighted by molar-refractivity contribution is 5.91. The Bertz CT molecular complexity index is 1050. The van der Waals surface area contributed by atoms with E-state index in [1.54, 1.807) is 9.80 Å². The summed E-state index contributed by atoms with van der Waals surface area (Å²) in [6, 6.07) is 7.41. The van der Waals surface area contributed by atoms with Crippen LogP contribution in [0.1, 0.15) is 55.1 Å². The lowest BCUT2D eigenvalue weighted by Crippen LogP contribution is -2.50. The van der Waals surface area contributed by atoms with E-state index >= 15 is 0 Å². The summed E-state index contributed by atoms with van der Waals surface area (Å²) >= 11 is 0. The Labute approximate surface area is 196 Å². The Hall–Kier alpha value is -2.88. The van der Waals surface area contributed by atoms with Crippen LogP contribution >= 0.6 is 0 Å². The molecule has 0 radical (unpaired) electrons. The molecule has 1 aromatic heterocycles. The lowest BCUT2D eigenvalue weighted by molar-refractivity contribution is -0.141. The number of benzene rings is 1. The Kier molecular flexibility index (Phi) is 6.71. The van der Waals surface area contributed by atoms with Gasteiger partial charge in [0.2, 0.25) is 5.95 Å². The summed E-state index contributed by atoms with van der Waals surface area (Å²) < 4.78 is 46.7. The second-order valence-electron chi connectivity index (χ2n) is 9.18. The van der Waals surface area contributed by atoms with E-state index in [2.05, 4.69) is 9.97 Å². The quantitative estimate of drug-likeness (QED) is 0.674. The number of rotatable bonds is 5. The van der Waals surface area contributed by atoms with Gasteiger partial charge in [-0.15, -0.1) is 0 Å². The summed E-state index contributed by atoms with van der Waals surface area (Å²) in [5.74, 6) is -0.615. The van der Waals surface area contributed by atoms with Gasteiger partial charge < -0.3 is 14.7 Å².